The zero-order chi connectivity index (χ0) is 14.0. The Kier molecular flexibility index (Phi) is 4.50. The third-order valence-corrected chi connectivity index (χ3v) is 5.95. The summed E-state index contributed by atoms with van der Waals surface area (Å²) < 4.78 is 26.9. The van der Waals surface area contributed by atoms with E-state index in [1.54, 1.807) is 18.2 Å². The molecular formula is C13H19ClN2O2S. The summed E-state index contributed by atoms with van der Waals surface area (Å²) >= 11 is 6.09. The van der Waals surface area contributed by atoms with Gasteiger partial charge in [0, 0.05) is 19.1 Å². The van der Waals surface area contributed by atoms with Gasteiger partial charge in [-0.1, -0.05) is 24.1 Å². The largest absolute Gasteiger partial charge is 0.329 e. The molecule has 0 spiro atoms. The topological polar surface area (TPSA) is 63.4 Å². The van der Waals surface area contributed by atoms with E-state index in [0.717, 1.165) is 24.8 Å². The number of benzene rings is 1. The molecule has 0 radical (unpaired) electrons. The fraction of sp³-hybridized carbons (Fsp3) is 0.538. The molecule has 1 aromatic carbocycles. The highest BCUT2D eigenvalue weighted by atomic mass is 35.5. The van der Waals surface area contributed by atoms with Crippen molar-refractivity contribution in [3.63, 3.8) is 0 Å². The quantitative estimate of drug-likeness (QED) is 0.930. The molecule has 4 nitrogen and oxygen atoms in total. The van der Waals surface area contributed by atoms with Gasteiger partial charge in [0.15, 0.2) is 0 Å². The van der Waals surface area contributed by atoms with Crippen LogP contribution in [0, 0.1) is 6.92 Å². The molecule has 19 heavy (non-hydrogen) atoms. The molecule has 1 unspecified atom stereocenters. The van der Waals surface area contributed by atoms with Gasteiger partial charge in [0.25, 0.3) is 0 Å². The van der Waals surface area contributed by atoms with Crippen LogP contribution in [-0.2, 0) is 10.0 Å². The first-order chi connectivity index (χ1) is 8.96. The Labute approximate surface area is 119 Å². The van der Waals surface area contributed by atoms with E-state index in [4.69, 9.17) is 17.3 Å². The van der Waals surface area contributed by atoms with Crippen molar-refractivity contribution in [1.82, 2.24) is 4.31 Å². The van der Waals surface area contributed by atoms with Gasteiger partial charge in [-0.3, -0.25) is 0 Å². The van der Waals surface area contributed by atoms with Crippen molar-refractivity contribution < 1.29 is 8.42 Å². The third-order valence-electron chi connectivity index (χ3n) is 3.52. The van der Waals surface area contributed by atoms with Crippen LogP contribution in [0.2, 0.25) is 5.02 Å². The lowest BCUT2D eigenvalue weighted by atomic mass is 10.1. The van der Waals surface area contributed by atoms with Gasteiger partial charge >= 0.3 is 0 Å². The molecule has 0 aromatic heterocycles. The molecule has 0 amide bonds. The first-order valence-electron chi connectivity index (χ1n) is 6.45. The van der Waals surface area contributed by atoms with Gasteiger partial charge in [-0.05, 0) is 37.5 Å². The molecule has 1 saturated heterocycles. The number of nitrogens with zero attached hydrogens (tertiary/aromatic N) is 1. The first-order valence-corrected chi connectivity index (χ1v) is 8.26. The van der Waals surface area contributed by atoms with Crippen LogP contribution < -0.4 is 5.73 Å². The Balaban J connectivity index is 2.40. The zero-order valence-electron chi connectivity index (χ0n) is 11.0. The summed E-state index contributed by atoms with van der Waals surface area (Å²) in [6, 6.07) is 4.90. The van der Waals surface area contributed by atoms with Gasteiger partial charge in [-0.15, -0.1) is 0 Å². The average Bonchev–Trinajstić information content (AvgIpc) is 2.38. The van der Waals surface area contributed by atoms with Crippen LogP contribution in [0.25, 0.3) is 0 Å². The van der Waals surface area contributed by atoms with Crippen LogP contribution in [0.15, 0.2) is 23.1 Å². The Morgan fingerprint density at radius 3 is 2.79 bits per heavy atom. The van der Waals surface area contributed by atoms with Gasteiger partial charge < -0.3 is 5.73 Å². The number of halogens is 1. The molecule has 0 saturated carbocycles. The van der Waals surface area contributed by atoms with Crippen LogP contribution in [-0.4, -0.2) is 31.9 Å². The fourth-order valence-corrected chi connectivity index (χ4v) is 4.75. The number of aryl methyl sites for hydroxylation is 1. The summed E-state index contributed by atoms with van der Waals surface area (Å²) in [7, 11) is -3.55. The van der Waals surface area contributed by atoms with Crippen LogP contribution in [0.5, 0.6) is 0 Å². The zero-order valence-corrected chi connectivity index (χ0v) is 12.5. The highest BCUT2D eigenvalue weighted by Gasteiger charge is 2.33. The van der Waals surface area contributed by atoms with Crippen LogP contribution in [0.1, 0.15) is 24.8 Å². The smallest absolute Gasteiger partial charge is 0.244 e. The number of sulfonamides is 1. The van der Waals surface area contributed by atoms with Crippen molar-refractivity contribution in [2.24, 2.45) is 5.73 Å². The monoisotopic (exact) mass is 302 g/mol. The van der Waals surface area contributed by atoms with Crippen LogP contribution in [0.3, 0.4) is 0 Å². The van der Waals surface area contributed by atoms with Crippen molar-refractivity contribution in [1.29, 1.82) is 0 Å². The summed E-state index contributed by atoms with van der Waals surface area (Å²) in [4.78, 5) is 0.181. The maximum atomic E-state index is 12.7. The second-order valence-corrected chi connectivity index (χ2v) is 7.20. The number of hydrogen-bond donors (Lipinski definition) is 1. The molecule has 0 aliphatic carbocycles. The van der Waals surface area contributed by atoms with Gasteiger partial charge in [0.05, 0.1) is 5.02 Å². The van der Waals surface area contributed by atoms with Gasteiger partial charge in [0.2, 0.25) is 10.0 Å². The molecular weight excluding hydrogens is 284 g/mol. The lowest BCUT2D eigenvalue weighted by molar-refractivity contribution is 0.257. The fourth-order valence-electron chi connectivity index (χ4n) is 2.47. The van der Waals surface area contributed by atoms with Crippen molar-refractivity contribution >= 4 is 21.6 Å². The summed E-state index contributed by atoms with van der Waals surface area (Å²) in [5, 5.41) is 0.279. The predicted molar refractivity (Wildman–Crippen MR) is 76.8 cm³/mol. The number of nitrogens with two attached hydrogens (primary N) is 1. The molecule has 1 aliphatic rings. The Morgan fingerprint density at radius 2 is 2.16 bits per heavy atom. The second kappa shape index (κ2) is 5.79. The van der Waals surface area contributed by atoms with E-state index in [1.165, 1.54) is 4.31 Å². The lowest BCUT2D eigenvalue weighted by Crippen LogP contribution is -2.47. The third kappa shape index (κ3) is 2.94. The summed E-state index contributed by atoms with van der Waals surface area (Å²) in [5.41, 5.74) is 6.63. The van der Waals surface area contributed by atoms with Gasteiger partial charge in [0.1, 0.15) is 4.90 Å². The van der Waals surface area contributed by atoms with Gasteiger partial charge in [-0.2, -0.15) is 4.31 Å². The number of piperidine rings is 1. The van der Waals surface area contributed by atoms with E-state index in [9.17, 15) is 8.42 Å². The molecule has 1 atom stereocenters. The van der Waals surface area contributed by atoms with Crippen molar-refractivity contribution in [3.8, 4) is 0 Å². The van der Waals surface area contributed by atoms with E-state index in [-0.39, 0.29) is 16.0 Å². The minimum Gasteiger partial charge on any atom is -0.329 e. The second-order valence-electron chi connectivity index (χ2n) is 4.93. The Morgan fingerprint density at radius 1 is 1.42 bits per heavy atom. The molecule has 6 heteroatoms. The number of rotatable bonds is 3. The minimum absolute atomic E-state index is 0.115. The molecule has 1 aliphatic heterocycles. The van der Waals surface area contributed by atoms with E-state index in [2.05, 4.69) is 0 Å². The first kappa shape index (κ1) is 14.8. The molecule has 2 rings (SSSR count). The van der Waals surface area contributed by atoms with Crippen LogP contribution in [0.4, 0.5) is 0 Å². The van der Waals surface area contributed by atoms with Crippen molar-refractivity contribution in [2.75, 3.05) is 13.1 Å². The van der Waals surface area contributed by atoms with E-state index in [0.29, 0.717) is 13.1 Å². The molecule has 0 bridgehead atoms. The van der Waals surface area contributed by atoms with E-state index in [1.807, 2.05) is 6.92 Å². The Hall–Kier alpha value is -0.620. The van der Waals surface area contributed by atoms with Crippen molar-refractivity contribution in [3.05, 3.63) is 28.8 Å². The maximum Gasteiger partial charge on any atom is 0.244 e. The SMILES string of the molecule is Cc1ccc(S(=O)(=O)N2CCCCC2CN)c(Cl)c1. The maximum absolute atomic E-state index is 12.7. The van der Waals surface area contributed by atoms with Gasteiger partial charge in [-0.25, -0.2) is 8.42 Å². The Bertz CT molecular complexity index is 560. The van der Waals surface area contributed by atoms with Crippen LogP contribution >= 0.6 is 11.6 Å². The summed E-state index contributed by atoms with van der Waals surface area (Å²) in [6.07, 6.45) is 2.72. The molecule has 1 fully saturated rings. The molecule has 1 aromatic rings. The predicted octanol–water partition coefficient (Wildman–Crippen LogP) is 2.15. The van der Waals surface area contributed by atoms with E-state index >= 15 is 0 Å². The number of hydrogen-bond acceptors (Lipinski definition) is 3. The molecule has 1 heterocycles. The summed E-state index contributed by atoms with van der Waals surface area (Å²) in [5.74, 6) is 0. The summed E-state index contributed by atoms with van der Waals surface area (Å²) in [6.45, 7) is 2.75. The highest BCUT2D eigenvalue weighted by molar-refractivity contribution is 7.89. The minimum atomic E-state index is -3.55. The highest BCUT2D eigenvalue weighted by Crippen LogP contribution is 2.29. The average molecular weight is 303 g/mol. The normalized spacial score (nSPS) is 21.5. The lowest BCUT2D eigenvalue weighted by Gasteiger charge is -2.34. The molecule has 106 valence electrons. The standard InChI is InChI=1S/C13H19ClN2O2S/c1-10-5-6-13(12(14)8-10)19(17,18)16-7-3-2-4-11(16)9-15/h5-6,8,11H,2-4,7,9,15H2,1H3. The molecule has 2 N–H and O–H groups in total. The van der Waals surface area contributed by atoms with E-state index < -0.39 is 10.0 Å². The van der Waals surface area contributed by atoms with Crippen molar-refractivity contribution in [2.45, 2.75) is 37.1 Å².